The van der Waals surface area contributed by atoms with E-state index in [1.807, 2.05) is 60.7 Å². The van der Waals surface area contributed by atoms with E-state index in [0.717, 1.165) is 38.0 Å². The number of carbonyl (C=O) groups is 4. The van der Waals surface area contributed by atoms with Crippen molar-refractivity contribution in [1.82, 2.24) is 9.88 Å². The molecule has 258 valence electrons. The van der Waals surface area contributed by atoms with Gasteiger partial charge in [-0.05, 0) is 59.3 Å². The number of nitrogens with zero attached hydrogens (tertiary/aromatic N) is 4. The smallest absolute Gasteiger partial charge is 0.323 e. The number of morpholine rings is 1. The fraction of sp³-hybridized carbons (Fsp3) is 0.250. The summed E-state index contributed by atoms with van der Waals surface area (Å²) in [5, 5.41) is 23.6. The molecular formula is C36H35N5O9. The number of hydrogen-bond acceptors (Lipinski definition) is 10. The predicted octanol–water partition coefficient (Wildman–Crippen LogP) is 3.94. The fourth-order valence-corrected chi connectivity index (χ4v) is 5.67. The van der Waals surface area contributed by atoms with Gasteiger partial charge in [0.15, 0.2) is 12.2 Å². The molecule has 1 aliphatic heterocycles. The lowest BCUT2D eigenvalue weighted by Crippen LogP contribution is -2.43. The van der Waals surface area contributed by atoms with Gasteiger partial charge in [0.25, 0.3) is 5.91 Å². The number of para-hydroxylation sites is 2. The molecule has 6 rings (SSSR count). The average molecular weight is 682 g/mol. The Labute approximate surface area is 286 Å². The number of carboxylic acids is 2. The number of amides is 2. The second-order valence-corrected chi connectivity index (χ2v) is 11.7. The van der Waals surface area contributed by atoms with E-state index in [9.17, 15) is 29.4 Å². The standard InChI is InChI=1S/C36H35N5O9/c1-39(27-10-8-23-16-25(7-6-24(23)17-27)36-38-28-4-2-3-5-30(28)50-36)19-32(42)37-26-9-11-29(41(20-34(44)45)21-35(46)47)31(18-26)49-22-33(43)40-12-14-48-15-13-40/h2-11,16-18H,12-15,19-22H2,1H3,(H,37,42)(H,44,45)(H,46,47). The number of likely N-dealkylation sites (N-methyl/N-ethyl adjacent to an activating group) is 1. The summed E-state index contributed by atoms with van der Waals surface area (Å²) >= 11 is 0. The zero-order chi connectivity index (χ0) is 35.2. The molecule has 2 heterocycles. The molecule has 0 saturated carbocycles. The SMILES string of the molecule is CN(CC(=O)Nc1ccc(N(CC(=O)O)CC(=O)O)c(OCC(=O)N2CCOCC2)c1)c1ccc2cc(-c3nc4ccccc4o3)ccc2c1. The van der Waals surface area contributed by atoms with Crippen LogP contribution < -0.4 is 19.9 Å². The fourth-order valence-electron chi connectivity index (χ4n) is 5.67. The van der Waals surface area contributed by atoms with E-state index < -0.39 is 25.0 Å². The molecule has 0 aliphatic carbocycles. The molecule has 14 nitrogen and oxygen atoms in total. The van der Waals surface area contributed by atoms with Gasteiger partial charge in [0.1, 0.15) is 24.4 Å². The highest BCUT2D eigenvalue weighted by Crippen LogP contribution is 2.33. The largest absolute Gasteiger partial charge is 0.482 e. The number of aliphatic carboxylic acids is 2. The minimum Gasteiger partial charge on any atom is -0.482 e. The third-order valence-corrected chi connectivity index (χ3v) is 8.14. The van der Waals surface area contributed by atoms with Gasteiger partial charge in [-0.2, -0.15) is 0 Å². The Kier molecular flexibility index (Phi) is 10.1. The molecule has 1 fully saturated rings. The summed E-state index contributed by atoms with van der Waals surface area (Å²) in [5.41, 5.74) is 3.63. The molecule has 1 aromatic heterocycles. The van der Waals surface area contributed by atoms with Crippen molar-refractivity contribution in [2.24, 2.45) is 0 Å². The van der Waals surface area contributed by atoms with E-state index in [-0.39, 0.29) is 36.4 Å². The number of oxazole rings is 1. The van der Waals surface area contributed by atoms with Crippen LogP contribution in [0.2, 0.25) is 0 Å². The highest BCUT2D eigenvalue weighted by molar-refractivity contribution is 5.96. The summed E-state index contributed by atoms with van der Waals surface area (Å²) in [6.07, 6.45) is 0. The minimum atomic E-state index is -1.25. The van der Waals surface area contributed by atoms with Crippen molar-refractivity contribution in [3.63, 3.8) is 0 Å². The number of carbonyl (C=O) groups excluding carboxylic acids is 2. The second kappa shape index (κ2) is 15.0. The van der Waals surface area contributed by atoms with E-state index in [4.69, 9.17) is 13.9 Å². The van der Waals surface area contributed by atoms with Gasteiger partial charge in [0.05, 0.1) is 25.4 Å². The number of rotatable bonds is 13. The molecule has 4 aromatic carbocycles. The molecule has 1 aliphatic rings. The first kappa shape index (κ1) is 33.7. The molecule has 0 spiro atoms. The maximum absolute atomic E-state index is 13.2. The van der Waals surface area contributed by atoms with E-state index in [2.05, 4.69) is 10.3 Å². The summed E-state index contributed by atoms with van der Waals surface area (Å²) in [5.74, 6) is -2.58. The first-order chi connectivity index (χ1) is 24.1. The molecule has 2 amide bonds. The van der Waals surface area contributed by atoms with E-state index in [1.54, 1.807) is 16.8 Å². The summed E-state index contributed by atoms with van der Waals surface area (Å²) < 4.78 is 17.0. The van der Waals surface area contributed by atoms with E-state index in [0.29, 0.717) is 37.9 Å². The van der Waals surface area contributed by atoms with Crippen LogP contribution in [-0.4, -0.2) is 103 Å². The lowest BCUT2D eigenvalue weighted by atomic mass is 10.1. The van der Waals surface area contributed by atoms with Crippen LogP contribution in [0.4, 0.5) is 17.1 Å². The van der Waals surface area contributed by atoms with Crippen LogP contribution in [0, 0.1) is 0 Å². The molecule has 5 aromatic rings. The van der Waals surface area contributed by atoms with Crippen LogP contribution in [0.3, 0.4) is 0 Å². The van der Waals surface area contributed by atoms with E-state index >= 15 is 0 Å². The highest BCUT2D eigenvalue weighted by Gasteiger charge is 2.22. The van der Waals surface area contributed by atoms with Crippen LogP contribution in [0.25, 0.3) is 33.3 Å². The quantitative estimate of drug-likeness (QED) is 0.164. The second-order valence-electron chi connectivity index (χ2n) is 11.7. The summed E-state index contributed by atoms with van der Waals surface area (Å²) in [7, 11) is 1.79. The van der Waals surface area contributed by atoms with Gasteiger partial charge in [-0.1, -0.05) is 24.3 Å². The Balaban J connectivity index is 1.15. The Morgan fingerprint density at radius 1 is 0.880 bits per heavy atom. The molecule has 0 radical (unpaired) electrons. The van der Waals surface area contributed by atoms with Crippen molar-refractivity contribution < 1.29 is 43.3 Å². The first-order valence-corrected chi connectivity index (χ1v) is 15.8. The van der Waals surface area contributed by atoms with Crippen molar-refractivity contribution in [3.8, 4) is 17.2 Å². The maximum Gasteiger partial charge on any atom is 0.323 e. The van der Waals surface area contributed by atoms with Gasteiger partial charge in [-0.25, -0.2) is 4.98 Å². The van der Waals surface area contributed by atoms with Crippen LogP contribution in [0.1, 0.15) is 0 Å². The number of fused-ring (bicyclic) bond motifs is 2. The number of ether oxygens (including phenoxy) is 2. The third kappa shape index (κ3) is 8.10. The average Bonchev–Trinajstić information content (AvgIpc) is 3.54. The molecular weight excluding hydrogens is 646 g/mol. The van der Waals surface area contributed by atoms with Crippen molar-refractivity contribution in [3.05, 3.63) is 78.9 Å². The molecule has 0 unspecified atom stereocenters. The van der Waals surface area contributed by atoms with Crippen LogP contribution in [0.15, 0.2) is 83.3 Å². The van der Waals surface area contributed by atoms with Crippen LogP contribution in [0.5, 0.6) is 5.75 Å². The molecule has 1 saturated heterocycles. The van der Waals surface area contributed by atoms with Crippen molar-refractivity contribution in [2.45, 2.75) is 0 Å². The lowest BCUT2D eigenvalue weighted by molar-refractivity contribution is -0.138. The minimum absolute atomic E-state index is 0.00981. The number of benzene rings is 4. The van der Waals surface area contributed by atoms with Crippen molar-refractivity contribution >= 4 is 62.7 Å². The molecule has 0 atom stereocenters. The molecule has 0 bridgehead atoms. The van der Waals surface area contributed by atoms with Gasteiger partial charge in [-0.15, -0.1) is 0 Å². The predicted molar refractivity (Wildman–Crippen MR) is 186 cm³/mol. The summed E-state index contributed by atoms with van der Waals surface area (Å²) in [6.45, 7) is -0.0228. The third-order valence-electron chi connectivity index (χ3n) is 8.14. The Morgan fingerprint density at radius 2 is 1.60 bits per heavy atom. The Hall–Kier alpha value is -6.15. The number of anilines is 3. The van der Waals surface area contributed by atoms with Crippen LogP contribution >= 0.6 is 0 Å². The Bertz CT molecular complexity index is 2010. The van der Waals surface area contributed by atoms with E-state index in [1.165, 1.54) is 18.2 Å². The number of carboxylic acid groups (broad SMARTS) is 2. The molecule has 14 heteroatoms. The zero-order valence-electron chi connectivity index (χ0n) is 27.2. The highest BCUT2D eigenvalue weighted by atomic mass is 16.5. The number of aromatic nitrogens is 1. The van der Waals surface area contributed by atoms with Crippen molar-refractivity contribution in [1.29, 1.82) is 0 Å². The molecule has 50 heavy (non-hydrogen) atoms. The number of hydrogen-bond donors (Lipinski definition) is 3. The topological polar surface area (TPSA) is 175 Å². The zero-order valence-corrected chi connectivity index (χ0v) is 27.2. The molecule has 3 N–H and O–H groups in total. The van der Waals surface area contributed by atoms with Crippen molar-refractivity contribution in [2.75, 3.05) is 74.7 Å². The van der Waals surface area contributed by atoms with Gasteiger partial charge in [0, 0.05) is 43.1 Å². The summed E-state index contributed by atoms with van der Waals surface area (Å²) in [6, 6.07) is 23.8. The van der Waals surface area contributed by atoms with Gasteiger partial charge in [-0.3, -0.25) is 19.2 Å². The monoisotopic (exact) mass is 681 g/mol. The van der Waals surface area contributed by atoms with Gasteiger partial charge in [0.2, 0.25) is 11.8 Å². The van der Waals surface area contributed by atoms with Crippen LogP contribution in [-0.2, 0) is 23.9 Å². The Morgan fingerprint density at radius 3 is 2.34 bits per heavy atom. The first-order valence-electron chi connectivity index (χ1n) is 15.8. The maximum atomic E-state index is 13.2. The van der Waals surface area contributed by atoms with Gasteiger partial charge >= 0.3 is 11.9 Å². The number of nitrogens with one attached hydrogen (secondary N) is 1. The van der Waals surface area contributed by atoms with Gasteiger partial charge < -0.3 is 44.1 Å². The summed E-state index contributed by atoms with van der Waals surface area (Å²) in [4.78, 5) is 58.1. The normalized spacial score (nSPS) is 12.9. The lowest BCUT2D eigenvalue weighted by Gasteiger charge is -2.28.